The summed E-state index contributed by atoms with van der Waals surface area (Å²) < 4.78 is 4.89. The van der Waals surface area contributed by atoms with E-state index in [1.54, 1.807) is 25.3 Å². The molecular weight excluding hydrogens is 304 g/mol. The Balaban J connectivity index is 1.91. The van der Waals surface area contributed by atoms with Crippen LogP contribution in [-0.2, 0) is 16.0 Å². The zero-order valence-electron chi connectivity index (χ0n) is 14.0. The molecule has 0 aliphatic carbocycles. The molecule has 2 aromatic rings. The molecule has 0 saturated heterocycles. The third kappa shape index (κ3) is 5.21. The standard InChI is InChI=1S/C19H22N2O3/c1-14-5-3-4-6-17(14)19(23)21-16-9-7-15(8-10-16)13-18(22)20-11-12-24-2/h3-10H,11-13H2,1-2H3,(H,20,22)(H,21,23). The van der Waals surface area contributed by atoms with Crippen LogP contribution in [-0.4, -0.2) is 32.1 Å². The lowest BCUT2D eigenvalue weighted by atomic mass is 10.1. The van der Waals surface area contributed by atoms with Crippen LogP contribution in [0.2, 0.25) is 0 Å². The van der Waals surface area contributed by atoms with Crippen LogP contribution < -0.4 is 10.6 Å². The van der Waals surface area contributed by atoms with Crippen molar-refractivity contribution in [2.75, 3.05) is 25.6 Å². The number of benzene rings is 2. The van der Waals surface area contributed by atoms with Crippen LogP contribution in [0, 0.1) is 6.92 Å². The molecule has 0 bridgehead atoms. The number of ether oxygens (including phenoxy) is 1. The van der Waals surface area contributed by atoms with Gasteiger partial charge in [0.15, 0.2) is 0 Å². The van der Waals surface area contributed by atoms with Crippen molar-refractivity contribution in [3.8, 4) is 0 Å². The minimum absolute atomic E-state index is 0.0521. The third-order valence-corrected chi connectivity index (χ3v) is 3.59. The molecule has 24 heavy (non-hydrogen) atoms. The van der Waals surface area contributed by atoms with E-state index in [1.165, 1.54) is 0 Å². The molecule has 2 amide bonds. The summed E-state index contributed by atoms with van der Waals surface area (Å²) in [5, 5.41) is 5.64. The van der Waals surface area contributed by atoms with Crippen molar-refractivity contribution in [2.45, 2.75) is 13.3 Å². The number of hydrogen-bond acceptors (Lipinski definition) is 3. The number of carbonyl (C=O) groups excluding carboxylic acids is 2. The number of amides is 2. The van der Waals surface area contributed by atoms with Gasteiger partial charge in [0.1, 0.15) is 0 Å². The van der Waals surface area contributed by atoms with Gasteiger partial charge >= 0.3 is 0 Å². The highest BCUT2D eigenvalue weighted by Crippen LogP contribution is 2.13. The van der Waals surface area contributed by atoms with Crippen LogP contribution in [0.3, 0.4) is 0 Å². The molecule has 0 unspecified atom stereocenters. The highest BCUT2D eigenvalue weighted by Gasteiger charge is 2.09. The first kappa shape index (κ1) is 17.7. The molecule has 0 saturated carbocycles. The molecule has 0 aliphatic heterocycles. The average Bonchev–Trinajstić information content (AvgIpc) is 2.57. The van der Waals surface area contributed by atoms with Gasteiger partial charge in [-0.25, -0.2) is 0 Å². The number of nitrogens with one attached hydrogen (secondary N) is 2. The quantitative estimate of drug-likeness (QED) is 0.769. The van der Waals surface area contributed by atoms with Gasteiger partial charge in [0.25, 0.3) is 5.91 Å². The van der Waals surface area contributed by atoms with Crippen LogP contribution >= 0.6 is 0 Å². The van der Waals surface area contributed by atoms with Gasteiger partial charge in [0, 0.05) is 24.9 Å². The molecule has 0 radical (unpaired) electrons. The molecule has 0 heterocycles. The predicted octanol–water partition coefficient (Wildman–Crippen LogP) is 2.55. The first-order valence-corrected chi connectivity index (χ1v) is 7.81. The summed E-state index contributed by atoms with van der Waals surface area (Å²) in [5.74, 6) is -0.193. The molecule has 0 spiro atoms. The molecule has 2 N–H and O–H groups in total. The van der Waals surface area contributed by atoms with Gasteiger partial charge in [-0.2, -0.15) is 0 Å². The van der Waals surface area contributed by atoms with E-state index in [9.17, 15) is 9.59 Å². The molecule has 126 valence electrons. The zero-order valence-corrected chi connectivity index (χ0v) is 14.0. The minimum Gasteiger partial charge on any atom is -0.383 e. The van der Waals surface area contributed by atoms with Crippen molar-refractivity contribution < 1.29 is 14.3 Å². The molecule has 0 atom stereocenters. The van der Waals surface area contributed by atoms with Gasteiger partial charge in [-0.15, -0.1) is 0 Å². The second-order valence-corrected chi connectivity index (χ2v) is 5.49. The Kier molecular flexibility index (Phi) is 6.51. The van der Waals surface area contributed by atoms with E-state index in [1.807, 2.05) is 37.3 Å². The average molecular weight is 326 g/mol. The first-order valence-electron chi connectivity index (χ1n) is 7.81. The lowest BCUT2D eigenvalue weighted by Crippen LogP contribution is -2.28. The van der Waals surface area contributed by atoms with Crippen molar-refractivity contribution in [3.63, 3.8) is 0 Å². The Bertz CT molecular complexity index is 696. The van der Waals surface area contributed by atoms with Gasteiger partial charge in [-0.3, -0.25) is 9.59 Å². The molecule has 2 rings (SSSR count). The van der Waals surface area contributed by atoms with Gasteiger partial charge in [0.2, 0.25) is 5.91 Å². The summed E-state index contributed by atoms with van der Waals surface area (Å²) in [4.78, 5) is 24.0. The van der Waals surface area contributed by atoms with E-state index in [-0.39, 0.29) is 11.8 Å². The molecule has 0 aliphatic rings. The molecule has 0 aromatic heterocycles. The minimum atomic E-state index is -0.141. The summed E-state index contributed by atoms with van der Waals surface area (Å²) >= 11 is 0. The molecule has 5 heteroatoms. The number of rotatable bonds is 7. The highest BCUT2D eigenvalue weighted by molar-refractivity contribution is 6.05. The van der Waals surface area contributed by atoms with Gasteiger partial charge in [-0.1, -0.05) is 30.3 Å². The largest absolute Gasteiger partial charge is 0.383 e. The number of methoxy groups -OCH3 is 1. The second-order valence-electron chi connectivity index (χ2n) is 5.49. The predicted molar refractivity (Wildman–Crippen MR) is 94.2 cm³/mol. The van der Waals surface area contributed by atoms with Crippen LogP contribution in [0.15, 0.2) is 48.5 Å². The SMILES string of the molecule is COCCNC(=O)Cc1ccc(NC(=O)c2ccccc2C)cc1. The van der Waals surface area contributed by atoms with Crippen molar-refractivity contribution in [2.24, 2.45) is 0 Å². The number of hydrogen-bond donors (Lipinski definition) is 2. The Hall–Kier alpha value is -2.66. The van der Waals surface area contributed by atoms with E-state index in [0.29, 0.717) is 30.8 Å². The fraction of sp³-hybridized carbons (Fsp3) is 0.263. The Morgan fingerprint density at radius 1 is 1.04 bits per heavy atom. The highest BCUT2D eigenvalue weighted by atomic mass is 16.5. The van der Waals surface area contributed by atoms with Crippen molar-refractivity contribution in [1.29, 1.82) is 0 Å². The van der Waals surface area contributed by atoms with Crippen LogP contribution in [0.25, 0.3) is 0 Å². The molecule has 0 fully saturated rings. The summed E-state index contributed by atoms with van der Waals surface area (Å²) in [7, 11) is 1.59. The summed E-state index contributed by atoms with van der Waals surface area (Å²) in [6, 6.07) is 14.7. The van der Waals surface area contributed by atoms with Crippen LogP contribution in [0.1, 0.15) is 21.5 Å². The van der Waals surface area contributed by atoms with Crippen molar-refractivity contribution in [3.05, 3.63) is 65.2 Å². The lowest BCUT2D eigenvalue weighted by Gasteiger charge is -2.09. The van der Waals surface area contributed by atoms with Gasteiger partial charge < -0.3 is 15.4 Å². The Morgan fingerprint density at radius 3 is 2.42 bits per heavy atom. The second kappa shape index (κ2) is 8.84. The molecular formula is C19H22N2O3. The molecule has 2 aromatic carbocycles. The fourth-order valence-electron chi connectivity index (χ4n) is 2.27. The number of anilines is 1. The maximum atomic E-state index is 12.3. The maximum absolute atomic E-state index is 12.3. The van der Waals surface area contributed by atoms with Crippen LogP contribution in [0.4, 0.5) is 5.69 Å². The van der Waals surface area contributed by atoms with E-state index >= 15 is 0 Å². The summed E-state index contributed by atoms with van der Waals surface area (Å²) in [6.45, 7) is 2.90. The Morgan fingerprint density at radius 2 is 1.75 bits per heavy atom. The smallest absolute Gasteiger partial charge is 0.255 e. The summed E-state index contributed by atoms with van der Waals surface area (Å²) in [6.07, 6.45) is 0.301. The van der Waals surface area contributed by atoms with Crippen molar-refractivity contribution >= 4 is 17.5 Å². The number of aryl methyl sites for hydroxylation is 1. The monoisotopic (exact) mass is 326 g/mol. The lowest BCUT2D eigenvalue weighted by molar-refractivity contribution is -0.120. The fourth-order valence-corrected chi connectivity index (χ4v) is 2.27. The van der Waals surface area contributed by atoms with E-state index in [2.05, 4.69) is 10.6 Å². The van der Waals surface area contributed by atoms with E-state index < -0.39 is 0 Å². The van der Waals surface area contributed by atoms with Crippen LogP contribution in [0.5, 0.6) is 0 Å². The van der Waals surface area contributed by atoms with E-state index in [0.717, 1.165) is 11.1 Å². The zero-order chi connectivity index (χ0) is 17.4. The summed E-state index contributed by atoms with van der Waals surface area (Å²) in [5.41, 5.74) is 3.17. The maximum Gasteiger partial charge on any atom is 0.255 e. The first-order chi connectivity index (χ1) is 11.6. The Labute approximate surface area is 142 Å². The van der Waals surface area contributed by atoms with Gasteiger partial charge in [0.05, 0.1) is 13.0 Å². The van der Waals surface area contributed by atoms with Gasteiger partial charge in [-0.05, 0) is 36.2 Å². The van der Waals surface area contributed by atoms with Crippen molar-refractivity contribution in [1.82, 2.24) is 5.32 Å². The van der Waals surface area contributed by atoms with E-state index in [4.69, 9.17) is 4.74 Å². The normalized spacial score (nSPS) is 10.2. The third-order valence-electron chi connectivity index (χ3n) is 3.59. The topological polar surface area (TPSA) is 67.4 Å². The molecule has 5 nitrogen and oxygen atoms in total. The number of carbonyl (C=O) groups is 2.